The molecule has 0 aliphatic carbocycles. The van der Waals surface area contributed by atoms with Crippen molar-refractivity contribution < 1.29 is 23.4 Å². The smallest absolute Gasteiger partial charge is 0.231 e. The molecule has 0 amide bonds. The number of allylic oxidation sites excluding steroid dienone is 1. The van der Waals surface area contributed by atoms with Crippen molar-refractivity contribution in [1.82, 2.24) is 0 Å². The number of Topliss-reactive ketones (excluding diaryl/α,β-unsaturated/α-hetero) is 1. The van der Waals surface area contributed by atoms with E-state index in [0.29, 0.717) is 29.4 Å². The van der Waals surface area contributed by atoms with Crippen molar-refractivity contribution in [3.8, 4) is 17.2 Å². The summed E-state index contributed by atoms with van der Waals surface area (Å²) in [5, 5.41) is 0. The molecule has 1 heterocycles. The lowest BCUT2D eigenvalue weighted by Gasteiger charge is -2.08. The standard InChI is InChI=1S/C24H19FO4/c1-2-27-21-6-4-3-5-17(21)13-23-24(26)20-12-11-19(14-22(20)29-23)28-15-16-7-9-18(25)10-8-16/h3-14H,2,15H2,1H3/b23-13-. The Morgan fingerprint density at radius 1 is 1.00 bits per heavy atom. The molecule has 1 aliphatic rings. The normalized spacial score (nSPS) is 13.9. The SMILES string of the molecule is CCOc1ccccc1/C=C1\Oc2cc(OCc3ccc(F)cc3)ccc2C1=O. The number of ketones is 1. The summed E-state index contributed by atoms with van der Waals surface area (Å²) in [6.07, 6.45) is 1.69. The summed E-state index contributed by atoms with van der Waals surface area (Å²) in [7, 11) is 0. The van der Waals surface area contributed by atoms with E-state index >= 15 is 0 Å². The molecule has 0 saturated carbocycles. The fourth-order valence-electron chi connectivity index (χ4n) is 3.03. The van der Waals surface area contributed by atoms with Gasteiger partial charge in [-0.3, -0.25) is 4.79 Å². The van der Waals surface area contributed by atoms with Crippen LogP contribution in [0, 0.1) is 5.82 Å². The summed E-state index contributed by atoms with van der Waals surface area (Å²) in [5.41, 5.74) is 2.11. The molecule has 4 nitrogen and oxygen atoms in total. The van der Waals surface area contributed by atoms with Gasteiger partial charge in [-0.1, -0.05) is 30.3 Å². The summed E-state index contributed by atoms with van der Waals surface area (Å²) >= 11 is 0. The Hall–Kier alpha value is -3.60. The number of carbonyl (C=O) groups excluding carboxylic acids is 1. The van der Waals surface area contributed by atoms with Crippen molar-refractivity contribution in [3.05, 3.63) is 95.0 Å². The topological polar surface area (TPSA) is 44.8 Å². The first-order valence-corrected chi connectivity index (χ1v) is 9.31. The number of hydrogen-bond acceptors (Lipinski definition) is 4. The van der Waals surface area contributed by atoms with Gasteiger partial charge in [-0.05, 0) is 48.9 Å². The predicted molar refractivity (Wildman–Crippen MR) is 108 cm³/mol. The van der Waals surface area contributed by atoms with Crippen LogP contribution < -0.4 is 14.2 Å². The van der Waals surface area contributed by atoms with E-state index in [1.807, 2.05) is 31.2 Å². The molecule has 0 radical (unpaired) electrons. The van der Waals surface area contributed by atoms with Crippen LogP contribution in [0.4, 0.5) is 4.39 Å². The number of hydrogen-bond donors (Lipinski definition) is 0. The van der Waals surface area contributed by atoms with Gasteiger partial charge in [0.1, 0.15) is 29.7 Å². The number of ether oxygens (including phenoxy) is 3. The van der Waals surface area contributed by atoms with Gasteiger partial charge in [-0.2, -0.15) is 0 Å². The highest BCUT2D eigenvalue weighted by atomic mass is 19.1. The summed E-state index contributed by atoms with van der Waals surface area (Å²) in [6, 6.07) is 18.7. The molecule has 0 unspecified atom stereocenters. The Labute approximate surface area is 168 Å². The fourth-order valence-corrected chi connectivity index (χ4v) is 3.03. The first-order chi connectivity index (χ1) is 14.1. The van der Waals surface area contributed by atoms with Gasteiger partial charge >= 0.3 is 0 Å². The number of benzene rings is 3. The number of rotatable bonds is 6. The van der Waals surface area contributed by atoms with Crippen molar-refractivity contribution in [2.45, 2.75) is 13.5 Å². The summed E-state index contributed by atoms with van der Waals surface area (Å²) in [5.74, 6) is 1.48. The van der Waals surface area contributed by atoms with Crippen LogP contribution in [-0.2, 0) is 6.61 Å². The van der Waals surface area contributed by atoms with Crippen molar-refractivity contribution in [3.63, 3.8) is 0 Å². The van der Waals surface area contributed by atoms with Crippen molar-refractivity contribution in [2.75, 3.05) is 6.61 Å². The number of halogens is 1. The van der Waals surface area contributed by atoms with Gasteiger partial charge in [0.15, 0.2) is 5.76 Å². The van der Waals surface area contributed by atoms with E-state index in [-0.39, 0.29) is 24.0 Å². The maximum atomic E-state index is 13.0. The average Bonchev–Trinajstić information content (AvgIpc) is 3.04. The molecule has 1 aliphatic heterocycles. The van der Waals surface area contributed by atoms with Gasteiger partial charge in [-0.25, -0.2) is 4.39 Å². The first-order valence-electron chi connectivity index (χ1n) is 9.31. The molecule has 0 atom stereocenters. The Bertz CT molecular complexity index is 1070. The zero-order valence-electron chi connectivity index (χ0n) is 15.9. The third-order valence-corrected chi connectivity index (χ3v) is 4.47. The van der Waals surface area contributed by atoms with Gasteiger partial charge in [0.2, 0.25) is 5.78 Å². The second kappa shape index (κ2) is 8.19. The maximum Gasteiger partial charge on any atom is 0.231 e. The highest BCUT2D eigenvalue weighted by Gasteiger charge is 2.28. The quantitative estimate of drug-likeness (QED) is 0.527. The third-order valence-electron chi connectivity index (χ3n) is 4.47. The van der Waals surface area contributed by atoms with Crippen LogP contribution >= 0.6 is 0 Å². The van der Waals surface area contributed by atoms with Gasteiger partial charge in [0.05, 0.1) is 12.2 Å². The predicted octanol–water partition coefficient (Wildman–Crippen LogP) is 5.42. The Balaban J connectivity index is 1.52. The largest absolute Gasteiger partial charge is 0.493 e. The monoisotopic (exact) mass is 390 g/mol. The molecular formula is C24H19FO4. The van der Waals surface area contributed by atoms with Crippen LogP contribution in [0.25, 0.3) is 6.08 Å². The molecule has 29 heavy (non-hydrogen) atoms. The zero-order valence-corrected chi connectivity index (χ0v) is 15.9. The third kappa shape index (κ3) is 4.14. The van der Waals surface area contributed by atoms with E-state index in [1.54, 1.807) is 36.4 Å². The minimum absolute atomic E-state index is 0.184. The lowest BCUT2D eigenvalue weighted by atomic mass is 10.1. The van der Waals surface area contributed by atoms with Crippen LogP contribution in [0.3, 0.4) is 0 Å². The number of fused-ring (bicyclic) bond motifs is 1. The molecule has 0 aromatic heterocycles. The van der Waals surface area contributed by atoms with Gasteiger partial charge < -0.3 is 14.2 Å². The van der Waals surface area contributed by atoms with E-state index in [0.717, 1.165) is 11.1 Å². The molecule has 0 bridgehead atoms. The van der Waals surface area contributed by atoms with E-state index < -0.39 is 0 Å². The average molecular weight is 390 g/mol. The van der Waals surface area contributed by atoms with Crippen LogP contribution in [-0.4, -0.2) is 12.4 Å². The maximum absolute atomic E-state index is 13.0. The Kier molecular flexibility index (Phi) is 5.29. The molecule has 3 aromatic carbocycles. The van der Waals surface area contributed by atoms with E-state index in [2.05, 4.69) is 0 Å². The molecule has 0 spiro atoms. The molecule has 0 fully saturated rings. The molecular weight excluding hydrogens is 371 g/mol. The molecule has 0 saturated heterocycles. The summed E-state index contributed by atoms with van der Waals surface area (Å²) in [6.45, 7) is 2.73. The van der Waals surface area contributed by atoms with E-state index in [9.17, 15) is 9.18 Å². The lowest BCUT2D eigenvalue weighted by molar-refractivity contribution is 0.101. The molecule has 5 heteroatoms. The number of para-hydroxylation sites is 1. The zero-order chi connectivity index (χ0) is 20.2. The number of carbonyl (C=O) groups is 1. The van der Waals surface area contributed by atoms with Gasteiger partial charge in [0, 0.05) is 11.6 Å². The van der Waals surface area contributed by atoms with Crippen LogP contribution in [0.15, 0.2) is 72.5 Å². The summed E-state index contributed by atoms with van der Waals surface area (Å²) in [4.78, 5) is 12.7. The fraction of sp³-hybridized carbons (Fsp3) is 0.125. The second-order valence-corrected chi connectivity index (χ2v) is 6.48. The van der Waals surface area contributed by atoms with Gasteiger partial charge in [-0.15, -0.1) is 0 Å². The minimum Gasteiger partial charge on any atom is -0.493 e. The van der Waals surface area contributed by atoms with E-state index in [1.165, 1.54) is 12.1 Å². The molecule has 0 N–H and O–H groups in total. The van der Waals surface area contributed by atoms with Crippen LogP contribution in [0.2, 0.25) is 0 Å². The Morgan fingerprint density at radius 2 is 1.79 bits per heavy atom. The Morgan fingerprint density at radius 3 is 2.59 bits per heavy atom. The minimum atomic E-state index is -0.288. The van der Waals surface area contributed by atoms with E-state index in [4.69, 9.17) is 14.2 Å². The first kappa shape index (κ1) is 18.7. The van der Waals surface area contributed by atoms with Crippen molar-refractivity contribution in [1.29, 1.82) is 0 Å². The highest BCUT2D eigenvalue weighted by Crippen LogP contribution is 2.36. The lowest BCUT2D eigenvalue weighted by Crippen LogP contribution is -1.99. The van der Waals surface area contributed by atoms with Gasteiger partial charge in [0.25, 0.3) is 0 Å². The molecule has 4 rings (SSSR count). The highest BCUT2D eigenvalue weighted by molar-refractivity contribution is 6.14. The molecule has 146 valence electrons. The van der Waals surface area contributed by atoms with Crippen LogP contribution in [0.1, 0.15) is 28.4 Å². The van der Waals surface area contributed by atoms with Crippen LogP contribution in [0.5, 0.6) is 17.2 Å². The van der Waals surface area contributed by atoms with Crippen molar-refractivity contribution in [2.24, 2.45) is 0 Å². The molecule has 3 aromatic rings. The second-order valence-electron chi connectivity index (χ2n) is 6.48. The van der Waals surface area contributed by atoms with Crippen molar-refractivity contribution >= 4 is 11.9 Å². The summed E-state index contributed by atoms with van der Waals surface area (Å²) < 4.78 is 30.1.